The van der Waals surface area contributed by atoms with Crippen LogP contribution in [0.4, 0.5) is 0 Å². The molecule has 1 aliphatic heterocycles. The Kier molecular flexibility index (Phi) is 6.43. The second-order valence-corrected chi connectivity index (χ2v) is 10.1. The van der Waals surface area contributed by atoms with Crippen molar-refractivity contribution >= 4 is 44.5 Å². The summed E-state index contributed by atoms with van der Waals surface area (Å²) in [7, 11) is 3.17. The summed E-state index contributed by atoms with van der Waals surface area (Å²) < 4.78 is 11.4. The van der Waals surface area contributed by atoms with E-state index in [1.165, 1.54) is 0 Å². The summed E-state index contributed by atoms with van der Waals surface area (Å²) >= 11 is 3.39. The highest BCUT2D eigenvalue weighted by atomic mass is 79.9. The fraction of sp³-hybridized carbons (Fsp3) is 0.417. The number of carbonyl (C=O) groups is 1. The van der Waals surface area contributed by atoms with Crippen molar-refractivity contribution in [2.24, 2.45) is 0 Å². The van der Waals surface area contributed by atoms with Gasteiger partial charge in [-0.15, -0.1) is 17.0 Å². The van der Waals surface area contributed by atoms with Crippen LogP contribution in [0.15, 0.2) is 28.7 Å². The van der Waals surface area contributed by atoms with Crippen LogP contribution >= 0.6 is 32.9 Å². The van der Waals surface area contributed by atoms with Gasteiger partial charge in [0.15, 0.2) is 17.3 Å². The number of rotatable bonds is 5. The Labute approximate surface area is 207 Å². The minimum absolute atomic E-state index is 0. The molecule has 32 heavy (non-hydrogen) atoms. The standard InChI is InChI=1S/C24H27BrN2O4.BrH/c1-23(2,3)16-8-13(9-17(25)21(16)29)18(28)12-27-22(26)14-10-19(30-4)20(31-5)11-15(14)24(27)6-7-24;/h8-11,26,29H,6-7,12H2,1-5H3;1H. The molecule has 0 atom stereocenters. The minimum Gasteiger partial charge on any atom is -0.506 e. The van der Waals surface area contributed by atoms with Gasteiger partial charge in [0.1, 0.15) is 11.6 Å². The molecule has 6 nitrogen and oxygen atoms in total. The zero-order valence-electron chi connectivity index (χ0n) is 18.8. The van der Waals surface area contributed by atoms with Crippen LogP contribution < -0.4 is 9.47 Å². The first-order valence-electron chi connectivity index (χ1n) is 10.2. The molecule has 0 amide bonds. The highest BCUT2D eigenvalue weighted by Gasteiger charge is 2.57. The molecule has 2 aromatic rings. The number of hydrogen-bond donors (Lipinski definition) is 2. The summed E-state index contributed by atoms with van der Waals surface area (Å²) in [5, 5.41) is 19.2. The van der Waals surface area contributed by atoms with E-state index in [4.69, 9.17) is 14.9 Å². The van der Waals surface area contributed by atoms with Crippen molar-refractivity contribution in [1.29, 1.82) is 5.41 Å². The fourth-order valence-corrected chi connectivity index (χ4v) is 4.88. The van der Waals surface area contributed by atoms with E-state index in [0.29, 0.717) is 32.9 Å². The van der Waals surface area contributed by atoms with Crippen LogP contribution in [-0.4, -0.2) is 42.4 Å². The van der Waals surface area contributed by atoms with Crippen molar-refractivity contribution in [3.63, 3.8) is 0 Å². The maximum absolute atomic E-state index is 13.3. The summed E-state index contributed by atoms with van der Waals surface area (Å²) in [6.07, 6.45) is 1.77. The van der Waals surface area contributed by atoms with Crippen molar-refractivity contribution in [2.45, 2.75) is 44.6 Å². The molecular formula is C24H28Br2N2O4. The first-order chi connectivity index (χ1) is 14.5. The zero-order chi connectivity index (χ0) is 22.7. The van der Waals surface area contributed by atoms with Crippen LogP contribution in [0.5, 0.6) is 17.2 Å². The van der Waals surface area contributed by atoms with Crippen molar-refractivity contribution in [1.82, 2.24) is 4.90 Å². The highest BCUT2D eigenvalue weighted by molar-refractivity contribution is 9.10. The maximum atomic E-state index is 13.3. The first-order valence-corrected chi connectivity index (χ1v) is 11.0. The molecule has 2 aromatic carbocycles. The van der Waals surface area contributed by atoms with E-state index in [0.717, 1.165) is 24.0 Å². The van der Waals surface area contributed by atoms with Gasteiger partial charge >= 0.3 is 0 Å². The SMILES string of the molecule is Br.COc1cc2c(cc1OC)C1(CC1)N(CC(=O)c1cc(Br)c(O)c(C(C)(C)C)c1)C2=N. The summed E-state index contributed by atoms with van der Waals surface area (Å²) in [5.41, 5.74) is 2.38. The number of hydrogen-bond acceptors (Lipinski definition) is 5. The number of Topliss-reactive ketones (excluding diaryl/α,β-unsaturated/α-hetero) is 1. The number of nitrogens with one attached hydrogen (secondary N) is 1. The van der Waals surface area contributed by atoms with Crippen LogP contribution in [0.2, 0.25) is 0 Å². The minimum atomic E-state index is -0.331. The Hall–Kier alpha value is -2.06. The molecule has 0 aromatic heterocycles. The van der Waals surface area contributed by atoms with E-state index in [1.54, 1.807) is 26.4 Å². The predicted molar refractivity (Wildman–Crippen MR) is 133 cm³/mol. The number of amidine groups is 1. The molecule has 2 aliphatic rings. The number of phenolic OH excluding ortho intramolecular Hbond substituents is 1. The first kappa shape index (κ1) is 24.6. The largest absolute Gasteiger partial charge is 0.506 e. The molecular weight excluding hydrogens is 540 g/mol. The third-order valence-electron chi connectivity index (χ3n) is 6.29. The van der Waals surface area contributed by atoms with Gasteiger partial charge in [-0.1, -0.05) is 20.8 Å². The van der Waals surface area contributed by atoms with Crippen molar-refractivity contribution in [2.75, 3.05) is 20.8 Å². The van der Waals surface area contributed by atoms with Gasteiger partial charge in [-0.25, -0.2) is 0 Å². The van der Waals surface area contributed by atoms with Gasteiger partial charge in [-0.2, -0.15) is 0 Å². The number of fused-ring (bicyclic) bond motifs is 2. The third-order valence-corrected chi connectivity index (χ3v) is 6.89. The van der Waals surface area contributed by atoms with E-state index in [1.807, 2.05) is 37.8 Å². The van der Waals surface area contributed by atoms with Crippen LogP contribution in [0, 0.1) is 5.41 Å². The number of halogens is 2. The van der Waals surface area contributed by atoms with E-state index in [-0.39, 0.29) is 46.0 Å². The van der Waals surface area contributed by atoms with Crippen molar-refractivity contribution < 1.29 is 19.4 Å². The molecule has 1 spiro atoms. The van der Waals surface area contributed by atoms with Gasteiger partial charge in [-0.3, -0.25) is 10.2 Å². The monoisotopic (exact) mass is 566 g/mol. The lowest BCUT2D eigenvalue weighted by Gasteiger charge is -2.27. The van der Waals surface area contributed by atoms with E-state index < -0.39 is 0 Å². The number of benzene rings is 2. The Morgan fingerprint density at radius 2 is 1.75 bits per heavy atom. The molecule has 172 valence electrons. The molecule has 0 saturated heterocycles. The summed E-state index contributed by atoms with van der Waals surface area (Å²) in [5.74, 6) is 1.60. The van der Waals surface area contributed by atoms with Gasteiger partial charge in [-0.05, 0) is 64.0 Å². The highest BCUT2D eigenvalue weighted by Crippen LogP contribution is 2.58. The van der Waals surface area contributed by atoms with Crippen molar-refractivity contribution in [3.8, 4) is 17.2 Å². The van der Waals surface area contributed by atoms with E-state index in [9.17, 15) is 9.90 Å². The average molecular weight is 568 g/mol. The molecule has 1 fully saturated rings. The number of carbonyl (C=O) groups excluding carboxylic acids is 1. The lowest BCUT2D eigenvalue weighted by atomic mass is 9.85. The molecule has 0 radical (unpaired) electrons. The fourth-order valence-electron chi connectivity index (χ4n) is 4.42. The molecule has 1 saturated carbocycles. The lowest BCUT2D eigenvalue weighted by Crippen LogP contribution is -2.38. The molecule has 1 heterocycles. The molecule has 4 rings (SSSR count). The normalized spacial score (nSPS) is 15.9. The second kappa shape index (κ2) is 8.37. The van der Waals surface area contributed by atoms with E-state index >= 15 is 0 Å². The van der Waals surface area contributed by atoms with Gasteiger partial charge in [0.25, 0.3) is 0 Å². The third kappa shape index (κ3) is 3.81. The van der Waals surface area contributed by atoms with Crippen LogP contribution in [0.3, 0.4) is 0 Å². The number of phenols is 1. The summed E-state index contributed by atoms with van der Waals surface area (Å²) in [6, 6.07) is 7.19. The number of nitrogens with zero attached hydrogens (tertiary/aromatic N) is 1. The van der Waals surface area contributed by atoms with Crippen LogP contribution in [0.1, 0.15) is 60.7 Å². The summed E-state index contributed by atoms with van der Waals surface area (Å²) in [4.78, 5) is 15.2. The molecule has 0 bridgehead atoms. The number of methoxy groups -OCH3 is 2. The van der Waals surface area contributed by atoms with Crippen LogP contribution in [-0.2, 0) is 11.0 Å². The Morgan fingerprint density at radius 3 is 2.28 bits per heavy atom. The van der Waals surface area contributed by atoms with Gasteiger partial charge in [0.2, 0.25) is 0 Å². The Balaban J connectivity index is 0.00000289. The Bertz CT molecular complexity index is 1100. The number of ketones is 1. The molecule has 2 N–H and O–H groups in total. The zero-order valence-corrected chi connectivity index (χ0v) is 22.1. The van der Waals surface area contributed by atoms with E-state index in [2.05, 4.69) is 15.9 Å². The lowest BCUT2D eigenvalue weighted by molar-refractivity contribution is 0.0943. The topological polar surface area (TPSA) is 82.8 Å². The summed E-state index contributed by atoms with van der Waals surface area (Å²) in [6.45, 7) is 6.08. The average Bonchev–Trinajstić information content (AvgIpc) is 3.49. The van der Waals surface area contributed by atoms with Gasteiger partial charge < -0.3 is 19.5 Å². The maximum Gasteiger partial charge on any atom is 0.182 e. The number of ether oxygens (including phenoxy) is 2. The number of aromatic hydroxyl groups is 1. The van der Waals surface area contributed by atoms with Crippen LogP contribution in [0.25, 0.3) is 0 Å². The van der Waals surface area contributed by atoms with Crippen molar-refractivity contribution in [3.05, 3.63) is 51.0 Å². The smallest absolute Gasteiger partial charge is 0.182 e. The second-order valence-electron chi connectivity index (χ2n) is 9.25. The predicted octanol–water partition coefficient (Wildman–Crippen LogP) is 5.56. The van der Waals surface area contributed by atoms with Gasteiger partial charge in [0.05, 0.1) is 30.8 Å². The van der Waals surface area contributed by atoms with Gasteiger partial charge in [0, 0.05) is 16.7 Å². The molecule has 0 unspecified atom stereocenters. The quantitative estimate of drug-likeness (QED) is 0.462. The Morgan fingerprint density at radius 1 is 1.16 bits per heavy atom. The molecule has 8 heteroatoms. The molecule has 1 aliphatic carbocycles.